The van der Waals surface area contributed by atoms with Crippen LogP contribution in [0.4, 0.5) is 4.39 Å². The van der Waals surface area contributed by atoms with Gasteiger partial charge in [0.25, 0.3) is 0 Å². The summed E-state index contributed by atoms with van der Waals surface area (Å²) < 4.78 is 13.1. The Hall–Kier alpha value is -2.36. The number of thioether (sulfide) groups is 1. The summed E-state index contributed by atoms with van der Waals surface area (Å²) in [6, 6.07) is 15.3. The highest BCUT2D eigenvalue weighted by atomic mass is 32.2. The third kappa shape index (κ3) is 4.43. The average Bonchev–Trinajstić information content (AvgIpc) is 3.04. The van der Waals surface area contributed by atoms with Crippen molar-refractivity contribution < 1.29 is 14.3 Å². The lowest BCUT2D eigenvalue weighted by atomic mass is 10.0. The molecule has 6 heteroatoms. The molecule has 2 atom stereocenters. The highest BCUT2D eigenvalue weighted by molar-refractivity contribution is 7.99. The van der Waals surface area contributed by atoms with Gasteiger partial charge in [0, 0.05) is 12.3 Å². The molecule has 1 aliphatic rings. The molecule has 0 unspecified atom stereocenters. The van der Waals surface area contributed by atoms with Crippen LogP contribution in [-0.2, 0) is 10.5 Å². The van der Waals surface area contributed by atoms with E-state index < -0.39 is 6.10 Å². The maximum absolute atomic E-state index is 13.1. The Kier molecular flexibility index (Phi) is 5.92. The quantitative estimate of drug-likeness (QED) is 0.877. The molecule has 134 valence electrons. The van der Waals surface area contributed by atoms with Gasteiger partial charge >= 0.3 is 0 Å². The molecule has 1 saturated heterocycles. The van der Waals surface area contributed by atoms with Gasteiger partial charge in [-0.1, -0.05) is 24.3 Å². The van der Waals surface area contributed by atoms with Crippen LogP contribution in [0.3, 0.4) is 0 Å². The van der Waals surface area contributed by atoms with E-state index in [2.05, 4.69) is 6.07 Å². The van der Waals surface area contributed by atoms with Crippen molar-refractivity contribution in [3.63, 3.8) is 0 Å². The van der Waals surface area contributed by atoms with E-state index in [9.17, 15) is 14.3 Å². The van der Waals surface area contributed by atoms with Crippen LogP contribution >= 0.6 is 11.8 Å². The van der Waals surface area contributed by atoms with E-state index in [4.69, 9.17) is 5.26 Å². The summed E-state index contributed by atoms with van der Waals surface area (Å²) in [4.78, 5) is 14.3. The Morgan fingerprint density at radius 2 is 1.92 bits per heavy atom. The van der Waals surface area contributed by atoms with E-state index >= 15 is 0 Å². The average molecular weight is 370 g/mol. The van der Waals surface area contributed by atoms with Crippen LogP contribution in [0.2, 0.25) is 0 Å². The lowest BCUT2D eigenvalue weighted by molar-refractivity contribution is -0.129. The molecule has 1 heterocycles. The summed E-state index contributed by atoms with van der Waals surface area (Å²) in [7, 11) is 0. The molecular formula is C20H19FN2O2S. The van der Waals surface area contributed by atoms with E-state index in [-0.39, 0.29) is 17.8 Å². The fourth-order valence-electron chi connectivity index (χ4n) is 3.10. The molecule has 0 spiro atoms. The lowest BCUT2D eigenvalue weighted by Crippen LogP contribution is -2.33. The second-order valence-electron chi connectivity index (χ2n) is 6.30. The largest absolute Gasteiger partial charge is 0.391 e. The number of carbonyl (C=O) groups is 1. The zero-order chi connectivity index (χ0) is 18.5. The van der Waals surface area contributed by atoms with E-state index in [1.165, 1.54) is 23.9 Å². The summed E-state index contributed by atoms with van der Waals surface area (Å²) in [5.74, 6) is 0.636. The van der Waals surface area contributed by atoms with Crippen LogP contribution in [0.1, 0.15) is 29.2 Å². The second-order valence-corrected chi connectivity index (χ2v) is 7.29. The summed E-state index contributed by atoms with van der Waals surface area (Å²) in [5.41, 5.74) is 2.51. The predicted molar refractivity (Wildman–Crippen MR) is 98.8 cm³/mol. The van der Waals surface area contributed by atoms with Crippen molar-refractivity contribution in [2.45, 2.75) is 24.3 Å². The molecule has 1 N–H and O–H groups in total. The molecule has 26 heavy (non-hydrogen) atoms. The Balaban J connectivity index is 1.58. The number of β-amino-alcohol motifs (C(OH)–C–C–N with tert-alkyl or cyclic N) is 1. The minimum absolute atomic E-state index is 0.0329. The fourth-order valence-corrected chi connectivity index (χ4v) is 3.98. The van der Waals surface area contributed by atoms with Gasteiger partial charge in [0.05, 0.1) is 29.5 Å². The number of hydrogen-bond acceptors (Lipinski definition) is 4. The van der Waals surface area contributed by atoms with Crippen molar-refractivity contribution in [2.24, 2.45) is 0 Å². The van der Waals surface area contributed by atoms with E-state index in [0.29, 0.717) is 30.0 Å². The van der Waals surface area contributed by atoms with Crippen LogP contribution in [0.5, 0.6) is 0 Å². The molecule has 4 nitrogen and oxygen atoms in total. The Labute approximate surface area is 156 Å². The summed E-state index contributed by atoms with van der Waals surface area (Å²) in [6.45, 7) is 0.304. The molecule has 0 aliphatic carbocycles. The number of aliphatic hydroxyl groups is 1. The number of halogens is 1. The first-order chi connectivity index (χ1) is 12.6. The topological polar surface area (TPSA) is 64.3 Å². The first-order valence-corrected chi connectivity index (χ1v) is 9.52. The molecule has 1 fully saturated rings. The Morgan fingerprint density at radius 1 is 1.23 bits per heavy atom. The normalized spacial score (nSPS) is 19.3. The zero-order valence-corrected chi connectivity index (χ0v) is 15.0. The number of nitriles is 1. The molecule has 2 aromatic rings. The minimum atomic E-state index is -0.558. The molecule has 0 aromatic heterocycles. The number of benzene rings is 2. The summed E-state index contributed by atoms with van der Waals surface area (Å²) >= 11 is 1.50. The van der Waals surface area contributed by atoms with Gasteiger partial charge in [-0.2, -0.15) is 5.26 Å². The van der Waals surface area contributed by atoms with Gasteiger partial charge in [0.2, 0.25) is 5.91 Å². The van der Waals surface area contributed by atoms with Gasteiger partial charge in [-0.05, 0) is 41.8 Å². The summed E-state index contributed by atoms with van der Waals surface area (Å²) in [6.07, 6.45) is -0.0879. The number of hydrogen-bond donors (Lipinski definition) is 1. The number of nitrogens with zero attached hydrogens (tertiary/aromatic N) is 2. The van der Waals surface area contributed by atoms with Crippen LogP contribution in [-0.4, -0.2) is 34.3 Å². The van der Waals surface area contributed by atoms with Crippen molar-refractivity contribution in [3.05, 3.63) is 71.0 Å². The molecule has 3 rings (SSSR count). The SMILES string of the molecule is N#Cc1ccc(CSCC(=O)N2C[C@H](O)C[C@H]2c2ccc(F)cc2)cc1. The molecule has 0 bridgehead atoms. The number of aliphatic hydroxyl groups excluding tert-OH is 1. The van der Waals surface area contributed by atoms with E-state index in [0.717, 1.165) is 11.1 Å². The van der Waals surface area contributed by atoms with Gasteiger partial charge in [0.15, 0.2) is 0 Å². The van der Waals surface area contributed by atoms with Crippen LogP contribution < -0.4 is 0 Å². The summed E-state index contributed by atoms with van der Waals surface area (Å²) in [5, 5.41) is 18.8. The van der Waals surface area contributed by atoms with Crippen molar-refractivity contribution in [1.82, 2.24) is 4.90 Å². The number of likely N-dealkylation sites (tertiary alicyclic amines) is 1. The molecule has 0 saturated carbocycles. The predicted octanol–water partition coefficient (Wildman–Crippen LogP) is 3.27. The molecule has 0 radical (unpaired) electrons. The van der Waals surface area contributed by atoms with Gasteiger partial charge in [-0.15, -0.1) is 11.8 Å². The third-order valence-corrected chi connectivity index (χ3v) is 5.42. The third-order valence-electron chi connectivity index (χ3n) is 4.43. The van der Waals surface area contributed by atoms with Gasteiger partial charge in [-0.25, -0.2) is 4.39 Å². The number of carbonyl (C=O) groups excluding carboxylic acids is 1. The lowest BCUT2D eigenvalue weighted by Gasteiger charge is -2.24. The zero-order valence-electron chi connectivity index (χ0n) is 14.1. The van der Waals surface area contributed by atoms with Crippen LogP contribution in [0, 0.1) is 17.1 Å². The molecular weight excluding hydrogens is 351 g/mol. The number of amides is 1. The van der Waals surface area contributed by atoms with Gasteiger partial charge < -0.3 is 10.0 Å². The van der Waals surface area contributed by atoms with Crippen molar-refractivity contribution in [1.29, 1.82) is 5.26 Å². The van der Waals surface area contributed by atoms with Crippen molar-refractivity contribution in [3.8, 4) is 6.07 Å². The number of rotatable bonds is 5. The van der Waals surface area contributed by atoms with Gasteiger partial charge in [-0.3, -0.25) is 4.79 Å². The van der Waals surface area contributed by atoms with Crippen molar-refractivity contribution >= 4 is 17.7 Å². The maximum atomic E-state index is 13.1. The highest BCUT2D eigenvalue weighted by Gasteiger charge is 2.34. The van der Waals surface area contributed by atoms with Crippen LogP contribution in [0.25, 0.3) is 0 Å². The first kappa shape index (κ1) is 18.4. The monoisotopic (exact) mass is 370 g/mol. The first-order valence-electron chi connectivity index (χ1n) is 8.36. The molecule has 2 aromatic carbocycles. The van der Waals surface area contributed by atoms with E-state index in [1.807, 2.05) is 12.1 Å². The Bertz CT molecular complexity index is 802. The maximum Gasteiger partial charge on any atom is 0.233 e. The Morgan fingerprint density at radius 3 is 2.58 bits per heavy atom. The van der Waals surface area contributed by atoms with Gasteiger partial charge in [0.1, 0.15) is 5.82 Å². The standard InChI is InChI=1S/C20H19FN2O2S/c21-17-7-5-16(6-8-17)19-9-18(24)11-23(19)20(25)13-26-12-15-3-1-14(10-22)2-4-15/h1-8,18-19,24H,9,11-13H2/t18-,19+/m1/s1. The second kappa shape index (κ2) is 8.35. The van der Waals surface area contributed by atoms with Crippen molar-refractivity contribution in [2.75, 3.05) is 12.3 Å². The van der Waals surface area contributed by atoms with Crippen LogP contribution in [0.15, 0.2) is 48.5 Å². The molecule has 1 amide bonds. The molecule has 1 aliphatic heterocycles. The highest BCUT2D eigenvalue weighted by Crippen LogP contribution is 2.33. The fraction of sp³-hybridized carbons (Fsp3) is 0.300. The smallest absolute Gasteiger partial charge is 0.233 e. The van der Waals surface area contributed by atoms with E-state index in [1.54, 1.807) is 29.2 Å². The minimum Gasteiger partial charge on any atom is -0.391 e.